The van der Waals surface area contributed by atoms with E-state index in [2.05, 4.69) is 5.32 Å². The molecule has 0 spiro atoms. The molecule has 1 aliphatic heterocycles. The first kappa shape index (κ1) is 27.9. The smallest absolute Gasteiger partial charge is 0.337 e. The Balaban J connectivity index is 1.82. The molecular weight excluding hydrogens is 494 g/mol. The molecule has 0 saturated heterocycles. The van der Waals surface area contributed by atoms with Gasteiger partial charge in [-0.2, -0.15) is 0 Å². The van der Waals surface area contributed by atoms with Gasteiger partial charge in [0.25, 0.3) is 0 Å². The summed E-state index contributed by atoms with van der Waals surface area (Å²) in [6.07, 6.45) is 0. The molecule has 4 rings (SSSR count). The summed E-state index contributed by atoms with van der Waals surface area (Å²) in [5, 5.41) is 3.69. The highest BCUT2D eigenvalue weighted by Crippen LogP contribution is 2.41. The molecule has 1 N–H and O–H groups in total. The zero-order valence-corrected chi connectivity index (χ0v) is 23.7. The number of dihydropyridines is 1. The van der Waals surface area contributed by atoms with Crippen molar-refractivity contribution in [2.75, 3.05) is 0 Å². The second kappa shape index (κ2) is 10.2. The Kier molecular flexibility index (Phi) is 7.30. The van der Waals surface area contributed by atoms with Crippen LogP contribution in [0.5, 0.6) is 0 Å². The lowest BCUT2D eigenvalue weighted by Crippen LogP contribution is -2.36. The first-order valence-electron chi connectivity index (χ1n) is 12.9. The van der Waals surface area contributed by atoms with E-state index in [1.165, 1.54) is 6.07 Å². The lowest BCUT2D eigenvalue weighted by molar-refractivity contribution is -0.150. The Morgan fingerprint density at radius 3 is 1.82 bits per heavy atom. The monoisotopic (exact) mass is 529 g/mol. The molecule has 2 aromatic carbocycles. The number of carbonyl (C=O) groups excluding carboxylic acids is 2. The molecule has 1 aromatic heterocycles. The third-order valence-corrected chi connectivity index (χ3v) is 6.16. The predicted molar refractivity (Wildman–Crippen MR) is 151 cm³/mol. The molecule has 7 nitrogen and oxygen atoms in total. The van der Waals surface area contributed by atoms with Crippen LogP contribution in [0.15, 0.2) is 86.3 Å². The maximum Gasteiger partial charge on any atom is 0.337 e. The summed E-state index contributed by atoms with van der Waals surface area (Å²) in [6.45, 7) is 14.4. The van der Waals surface area contributed by atoms with E-state index in [0.29, 0.717) is 50.4 Å². The van der Waals surface area contributed by atoms with Crippen molar-refractivity contribution >= 4 is 22.9 Å². The van der Waals surface area contributed by atoms with Gasteiger partial charge in [0, 0.05) is 23.0 Å². The third-order valence-electron chi connectivity index (χ3n) is 6.16. The van der Waals surface area contributed by atoms with Gasteiger partial charge in [0.05, 0.1) is 22.5 Å². The molecular formula is C32H35NO6. The third kappa shape index (κ3) is 6.14. The number of hydrogen-bond acceptors (Lipinski definition) is 7. The predicted octanol–water partition coefficient (Wildman–Crippen LogP) is 6.38. The minimum atomic E-state index is -0.728. The molecule has 7 heteroatoms. The van der Waals surface area contributed by atoms with Crippen molar-refractivity contribution in [2.45, 2.75) is 72.5 Å². The lowest BCUT2D eigenvalue weighted by atomic mass is 9.80. The summed E-state index contributed by atoms with van der Waals surface area (Å²) in [4.78, 5) is 39.6. The minimum absolute atomic E-state index is 0.133. The molecule has 0 bridgehead atoms. The van der Waals surface area contributed by atoms with Crippen LogP contribution < -0.4 is 10.7 Å². The Morgan fingerprint density at radius 2 is 1.31 bits per heavy atom. The highest BCUT2D eigenvalue weighted by Gasteiger charge is 2.40. The summed E-state index contributed by atoms with van der Waals surface area (Å²) >= 11 is 0. The molecule has 1 aliphatic rings. The van der Waals surface area contributed by atoms with Gasteiger partial charge < -0.3 is 19.2 Å². The van der Waals surface area contributed by atoms with Crippen molar-refractivity contribution in [3.05, 3.63) is 92.9 Å². The summed E-state index contributed by atoms with van der Waals surface area (Å²) in [7, 11) is 0. The fraction of sp³-hybridized carbons (Fsp3) is 0.344. The number of ether oxygens (including phenoxy) is 2. The molecule has 0 saturated carbocycles. The van der Waals surface area contributed by atoms with Crippen LogP contribution in [0.3, 0.4) is 0 Å². The number of carbonyl (C=O) groups is 2. The number of para-hydroxylation sites is 1. The molecule has 0 unspecified atom stereocenters. The van der Waals surface area contributed by atoms with Crippen molar-refractivity contribution in [3.63, 3.8) is 0 Å². The van der Waals surface area contributed by atoms with Crippen LogP contribution in [0.2, 0.25) is 0 Å². The number of hydrogen-bond donors (Lipinski definition) is 1. The van der Waals surface area contributed by atoms with Gasteiger partial charge in [0.2, 0.25) is 0 Å². The maximum atomic E-state index is 13.5. The van der Waals surface area contributed by atoms with Gasteiger partial charge in [-0.15, -0.1) is 0 Å². The number of allylic oxidation sites excluding steroid dienone is 2. The van der Waals surface area contributed by atoms with Crippen LogP contribution in [-0.4, -0.2) is 23.1 Å². The van der Waals surface area contributed by atoms with E-state index >= 15 is 0 Å². The quantitative estimate of drug-likeness (QED) is 0.392. The molecule has 3 aromatic rings. The van der Waals surface area contributed by atoms with Crippen LogP contribution in [-0.2, 0) is 19.1 Å². The Morgan fingerprint density at radius 1 is 0.795 bits per heavy atom. The van der Waals surface area contributed by atoms with Crippen molar-refractivity contribution in [2.24, 2.45) is 0 Å². The lowest BCUT2D eigenvalue weighted by Gasteiger charge is -2.33. The maximum absolute atomic E-state index is 13.5. The van der Waals surface area contributed by atoms with Gasteiger partial charge in [-0.3, -0.25) is 4.79 Å². The average molecular weight is 530 g/mol. The normalized spacial score (nSPS) is 14.9. The van der Waals surface area contributed by atoms with E-state index in [4.69, 9.17) is 13.9 Å². The Hall–Kier alpha value is -4.13. The molecule has 0 amide bonds. The van der Waals surface area contributed by atoms with Crippen LogP contribution in [0.1, 0.15) is 66.9 Å². The van der Waals surface area contributed by atoms with E-state index in [-0.39, 0.29) is 5.43 Å². The second-order valence-corrected chi connectivity index (χ2v) is 11.7. The zero-order chi connectivity index (χ0) is 28.7. The number of nitrogens with one attached hydrogen (secondary N) is 1. The van der Waals surface area contributed by atoms with E-state index in [9.17, 15) is 14.4 Å². The first-order chi connectivity index (χ1) is 18.1. The standard InChI is InChI=1S/C32H35NO6/c1-18-26(29(35)38-31(3,4)5)28(27(19(2)33-18)30(36)39-32(6,7)8)21-15-13-20(14-16-21)25-17-23(34)22-11-9-10-12-24(22)37-25/h9-17,28,33H,1-8H3. The molecule has 0 radical (unpaired) electrons. The molecule has 0 fully saturated rings. The van der Waals surface area contributed by atoms with E-state index in [1.807, 2.05) is 30.3 Å². The number of rotatable bonds is 4. The molecule has 39 heavy (non-hydrogen) atoms. The van der Waals surface area contributed by atoms with Gasteiger partial charge in [0.1, 0.15) is 22.5 Å². The summed E-state index contributed by atoms with van der Waals surface area (Å²) in [6, 6.07) is 15.8. The topological polar surface area (TPSA) is 94.8 Å². The Labute approximate surface area is 228 Å². The van der Waals surface area contributed by atoms with E-state index < -0.39 is 29.1 Å². The van der Waals surface area contributed by atoms with Gasteiger partial charge >= 0.3 is 11.9 Å². The van der Waals surface area contributed by atoms with Crippen molar-refractivity contribution in [1.82, 2.24) is 5.32 Å². The SMILES string of the molecule is CC1=C(C(=O)OC(C)(C)C)C(c2ccc(-c3cc(=O)c4ccccc4o3)cc2)C(C(=O)OC(C)(C)C)=C(C)N1. The van der Waals surface area contributed by atoms with Crippen LogP contribution in [0, 0.1) is 0 Å². The van der Waals surface area contributed by atoms with Gasteiger partial charge in [0.15, 0.2) is 5.43 Å². The van der Waals surface area contributed by atoms with Crippen LogP contribution in [0.4, 0.5) is 0 Å². The average Bonchev–Trinajstić information content (AvgIpc) is 2.81. The van der Waals surface area contributed by atoms with Crippen molar-refractivity contribution in [1.29, 1.82) is 0 Å². The summed E-state index contributed by atoms with van der Waals surface area (Å²) in [5.41, 5.74) is 2.17. The first-order valence-corrected chi connectivity index (χ1v) is 12.9. The molecule has 2 heterocycles. The number of benzene rings is 2. The van der Waals surface area contributed by atoms with Crippen molar-refractivity contribution in [3.8, 4) is 11.3 Å². The fourth-order valence-electron chi connectivity index (χ4n) is 4.62. The Bertz CT molecular complexity index is 1510. The van der Waals surface area contributed by atoms with Gasteiger partial charge in [-0.05, 0) is 73.1 Å². The largest absolute Gasteiger partial charge is 0.457 e. The highest BCUT2D eigenvalue weighted by molar-refractivity contribution is 6.00. The summed E-state index contributed by atoms with van der Waals surface area (Å²) in [5.74, 6) is -1.34. The zero-order valence-electron chi connectivity index (χ0n) is 23.7. The molecule has 204 valence electrons. The minimum Gasteiger partial charge on any atom is -0.457 e. The summed E-state index contributed by atoms with van der Waals surface area (Å²) < 4.78 is 17.5. The highest BCUT2D eigenvalue weighted by atomic mass is 16.6. The number of esters is 2. The molecule has 0 atom stereocenters. The van der Waals surface area contributed by atoms with E-state index in [1.54, 1.807) is 73.6 Å². The van der Waals surface area contributed by atoms with Crippen LogP contribution >= 0.6 is 0 Å². The van der Waals surface area contributed by atoms with Gasteiger partial charge in [-0.1, -0.05) is 36.4 Å². The van der Waals surface area contributed by atoms with E-state index in [0.717, 1.165) is 0 Å². The number of fused-ring (bicyclic) bond motifs is 1. The fourth-order valence-corrected chi connectivity index (χ4v) is 4.62. The van der Waals surface area contributed by atoms with Gasteiger partial charge in [-0.25, -0.2) is 9.59 Å². The molecule has 0 aliphatic carbocycles. The van der Waals surface area contributed by atoms with Crippen molar-refractivity contribution < 1.29 is 23.5 Å². The van der Waals surface area contributed by atoms with Crippen LogP contribution in [0.25, 0.3) is 22.3 Å². The second-order valence-electron chi connectivity index (χ2n) is 11.7.